The van der Waals surface area contributed by atoms with E-state index < -0.39 is 0 Å². The highest BCUT2D eigenvalue weighted by Gasteiger charge is 2.18. The van der Waals surface area contributed by atoms with E-state index in [0.29, 0.717) is 11.2 Å². The van der Waals surface area contributed by atoms with Gasteiger partial charge in [0.1, 0.15) is 18.3 Å². The van der Waals surface area contributed by atoms with Gasteiger partial charge in [0.15, 0.2) is 5.13 Å². The fourth-order valence-corrected chi connectivity index (χ4v) is 3.72. The summed E-state index contributed by atoms with van der Waals surface area (Å²) in [5.41, 5.74) is 3.02. The van der Waals surface area contributed by atoms with Crippen LogP contribution in [0.5, 0.6) is 0 Å². The van der Waals surface area contributed by atoms with E-state index in [4.69, 9.17) is 11.6 Å². The maximum atomic E-state index is 12.1. The minimum atomic E-state index is -0.0457. The van der Waals surface area contributed by atoms with Gasteiger partial charge >= 0.3 is 0 Å². The largest absolute Gasteiger partial charge is 0.335 e. The molecule has 0 fully saturated rings. The monoisotopic (exact) mass is 386 g/mol. The molecule has 0 saturated heterocycles. The first-order chi connectivity index (χ1) is 12.5. The summed E-state index contributed by atoms with van der Waals surface area (Å²) in [5, 5.41) is 5.68. The third kappa shape index (κ3) is 4.49. The molecule has 4 nitrogen and oxygen atoms in total. The maximum Gasteiger partial charge on any atom is 0.230 e. The molecule has 0 aliphatic rings. The van der Waals surface area contributed by atoms with Crippen LogP contribution in [0.15, 0.2) is 60.0 Å². The Labute approximate surface area is 162 Å². The first-order valence-corrected chi connectivity index (χ1v) is 9.69. The maximum absolute atomic E-state index is 12.1. The van der Waals surface area contributed by atoms with Crippen molar-refractivity contribution in [3.63, 3.8) is 0 Å². The molecular weight excluding hydrogens is 366 g/mol. The van der Waals surface area contributed by atoms with Crippen molar-refractivity contribution in [2.75, 3.05) is 4.90 Å². The van der Waals surface area contributed by atoms with Crippen LogP contribution in [0.4, 0.5) is 10.8 Å². The zero-order chi connectivity index (χ0) is 18.5. The van der Waals surface area contributed by atoms with Gasteiger partial charge < -0.3 is 5.32 Å². The Balaban J connectivity index is 1.69. The highest BCUT2D eigenvalue weighted by molar-refractivity contribution is 7.14. The number of hydrogen-bond donors (Lipinski definition) is 1. The number of aromatic nitrogens is 1. The number of anilines is 2. The van der Waals surface area contributed by atoms with Crippen LogP contribution in [0.1, 0.15) is 31.1 Å². The number of nitrogens with two attached hydrogens (primary N) is 1. The summed E-state index contributed by atoms with van der Waals surface area (Å²) in [5.74, 6) is -0.0457. The molecule has 0 aliphatic heterocycles. The quantitative estimate of drug-likeness (QED) is 0.686. The van der Waals surface area contributed by atoms with Crippen LogP contribution >= 0.6 is 22.9 Å². The molecule has 6 heteroatoms. The van der Waals surface area contributed by atoms with Crippen LogP contribution in [0, 0.1) is 0 Å². The minimum absolute atomic E-state index is 0.0457. The normalized spacial score (nSPS) is 12.0. The summed E-state index contributed by atoms with van der Waals surface area (Å²) in [6.07, 6.45) is 0. The van der Waals surface area contributed by atoms with E-state index >= 15 is 0 Å². The lowest BCUT2D eigenvalue weighted by Crippen LogP contribution is -2.83. The fourth-order valence-electron chi connectivity index (χ4n) is 2.70. The van der Waals surface area contributed by atoms with E-state index in [0.717, 1.165) is 22.9 Å². The summed E-state index contributed by atoms with van der Waals surface area (Å²) in [7, 11) is 0. The number of halogens is 1. The number of thiazole rings is 1. The molecule has 0 unspecified atom stereocenters. The second kappa shape index (κ2) is 8.45. The van der Waals surface area contributed by atoms with Crippen molar-refractivity contribution in [1.29, 1.82) is 0 Å². The third-order valence-corrected chi connectivity index (χ3v) is 5.26. The Hall–Kier alpha value is -2.21. The van der Waals surface area contributed by atoms with Crippen molar-refractivity contribution in [3.8, 4) is 0 Å². The van der Waals surface area contributed by atoms with Crippen molar-refractivity contribution in [2.24, 2.45) is 0 Å². The number of carbonyl (C=O) groups is 1. The lowest BCUT2D eigenvalue weighted by Gasteiger charge is -2.17. The third-order valence-electron chi connectivity index (χ3n) is 4.14. The molecule has 1 heterocycles. The van der Waals surface area contributed by atoms with Crippen molar-refractivity contribution in [3.05, 3.63) is 76.3 Å². The molecular formula is C20H21ClN3OS+. The lowest BCUT2D eigenvalue weighted by molar-refractivity contribution is -0.708. The van der Waals surface area contributed by atoms with Gasteiger partial charge in [-0.25, -0.2) is 4.98 Å². The van der Waals surface area contributed by atoms with Crippen LogP contribution in [-0.4, -0.2) is 10.9 Å². The standard InChI is InChI=1S/C20H20ClN3OS/c1-14(16-8-10-17(21)11-9-16)22-12-18-13-26-20(23-18)24(15(2)25)19-6-4-3-5-7-19/h3-11,13-14,22H,12H2,1-2H3/p+1/t14-/m1/s1. The molecule has 1 aromatic heterocycles. The van der Waals surface area contributed by atoms with Gasteiger partial charge in [-0.15, -0.1) is 11.3 Å². The smallest absolute Gasteiger partial charge is 0.230 e. The fraction of sp³-hybridized carbons (Fsp3) is 0.200. The van der Waals surface area contributed by atoms with Crippen molar-refractivity contribution < 1.29 is 10.1 Å². The molecule has 0 radical (unpaired) electrons. The predicted octanol–water partition coefficient (Wildman–Crippen LogP) is 4.31. The second-order valence-corrected chi connectivity index (χ2v) is 7.36. The van der Waals surface area contributed by atoms with E-state index in [1.807, 2.05) is 60.0 Å². The lowest BCUT2D eigenvalue weighted by atomic mass is 10.1. The Kier molecular flexibility index (Phi) is 6.04. The van der Waals surface area contributed by atoms with E-state index in [2.05, 4.69) is 17.2 Å². The number of carbonyl (C=O) groups excluding carboxylic acids is 1. The Morgan fingerprint density at radius 2 is 1.88 bits per heavy atom. The topological polar surface area (TPSA) is 49.8 Å². The molecule has 2 aromatic carbocycles. The van der Waals surface area contributed by atoms with Crippen LogP contribution in [0.25, 0.3) is 0 Å². The van der Waals surface area contributed by atoms with Crippen LogP contribution in [0.2, 0.25) is 5.02 Å². The van der Waals surface area contributed by atoms with Crippen molar-refractivity contribution >= 4 is 39.7 Å². The van der Waals surface area contributed by atoms with E-state index in [-0.39, 0.29) is 5.91 Å². The van der Waals surface area contributed by atoms with Crippen molar-refractivity contribution in [2.45, 2.75) is 26.4 Å². The van der Waals surface area contributed by atoms with Crippen LogP contribution in [0.3, 0.4) is 0 Å². The molecule has 0 saturated carbocycles. The van der Waals surface area contributed by atoms with Gasteiger partial charge in [-0.2, -0.15) is 0 Å². The van der Waals surface area contributed by atoms with Crippen LogP contribution < -0.4 is 10.2 Å². The first kappa shape index (κ1) is 18.6. The number of rotatable bonds is 6. The van der Waals surface area contributed by atoms with Crippen molar-refractivity contribution in [1.82, 2.24) is 4.98 Å². The number of quaternary nitrogens is 1. The molecule has 1 amide bonds. The molecule has 0 bridgehead atoms. The molecule has 0 spiro atoms. The Morgan fingerprint density at radius 1 is 1.19 bits per heavy atom. The van der Waals surface area contributed by atoms with E-state index in [1.54, 1.807) is 11.8 Å². The average molecular weight is 387 g/mol. The van der Waals surface area contributed by atoms with E-state index in [1.165, 1.54) is 16.9 Å². The highest BCUT2D eigenvalue weighted by atomic mass is 35.5. The van der Waals surface area contributed by atoms with Gasteiger partial charge in [0.25, 0.3) is 0 Å². The summed E-state index contributed by atoms with van der Waals surface area (Å²) in [6.45, 7) is 4.46. The van der Waals surface area contributed by atoms with Gasteiger partial charge in [0, 0.05) is 22.9 Å². The molecule has 1 atom stereocenters. The average Bonchev–Trinajstić information content (AvgIpc) is 3.09. The zero-order valence-electron chi connectivity index (χ0n) is 14.7. The van der Waals surface area contributed by atoms with Gasteiger partial charge in [-0.05, 0) is 31.2 Å². The number of nitrogens with zero attached hydrogens (tertiary/aromatic N) is 2. The molecule has 134 valence electrons. The summed E-state index contributed by atoms with van der Waals surface area (Å²) in [4.78, 5) is 18.4. The van der Waals surface area contributed by atoms with Gasteiger partial charge in [0.05, 0.1) is 5.69 Å². The van der Waals surface area contributed by atoms with E-state index in [9.17, 15) is 4.79 Å². The van der Waals surface area contributed by atoms with Gasteiger partial charge in [-0.1, -0.05) is 41.9 Å². The Morgan fingerprint density at radius 3 is 2.54 bits per heavy atom. The first-order valence-electron chi connectivity index (χ1n) is 8.43. The zero-order valence-corrected chi connectivity index (χ0v) is 16.3. The highest BCUT2D eigenvalue weighted by Crippen LogP contribution is 2.28. The predicted molar refractivity (Wildman–Crippen MR) is 107 cm³/mol. The molecule has 3 rings (SSSR count). The number of hydrogen-bond acceptors (Lipinski definition) is 3. The molecule has 0 aliphatic carbocycles. The minimum Gasteiger partial charge on any atom is -0.335 e. The molecule has 3 aromatic rings. The summed E-state index contributed by atoms with van der Waals surface area (Å²) < 4.78 is 0. The van der Waals surface area contributed by atoms with Gasteiger partial charge in [0.2, 0.25) is 5.91 Å². The molecule has 26 heavy (non-hydrogen) atoms. The summed E-state index contributed by atoms with van der Waals surface area (Å²) in [6, 6.07) is 17.8. The summed E-state index contributed by atoms with van der Waals surface area (Å²) >= 11 is 7.43. The number of amides is 1. The SMILES string of the molecule is CC(=O)N(c1ccccc1)c1nc(C[NH2+][C@H](C)c2ccc(Cl)cc2)cs1. The molecule has 2 N–H and O–H groups in total. The Bertz CT molecular complexity index is 864. The number of benzene rings is 2. The number of para-hydroxylation sites is 1. The van der Waals surface area contributed by atoms with Gasteiger partial charge in [-0.3, -0.25) is 9.69 Å². The second-order valence-electron chi connectivity index (χ2n) is 6.09. The van der Waals surface area contributed by atoms with Crippen LogP contribution in [-0.2, 0) is 11.3 Å².